The lowest BCUT2D eigenvalue weighted by Crippen LogP contribution is -2.48. The highest BCUT2D eigenvalue weighted by Crippen LogP contribution is 2.32. The first kappa shape index (κ1) is 14.4. The maximum absolute atomic E-state index is 12.7. The summed E-state index contributed by atoms with van der Waals surface area (Å²) in [5.41, 5.74) is 0.838. The second-order valence-electron chi connectivity index (χ2n) is 5.76. The van der Waals surface area contributed by atoms with Crippen LogP contribution in [-0.4, -0.2) is 54.8 Å². The molecule has 2 heterocycles. The van der Waals surface area contributed by atoms with E-state index in [4.69, 9.17) is 4.74 Å². The third-order valence-electron chi connectivity index (χ3n) is 4.42. The molecular weight excluding hydrogens is 268 g/mol. The van der Waals surface area contributed by atoms with Crippen molar-refractivity contribution in [1.82, 2.24) is 4.90 Å². The predicted octanol–water partition coefficient (Wildman–Crippen LogP) is 1.26. The van der Waals surface area contributed by atoms with Gasteiger partial charge in [-0.05, 0) is 37.9 Å². The number of carbonyl (C=O) groups excluding carboxylic acids is 1. The number of aliphatic hydroxyl groups excluding tert-OH is 1. The first-order valence-electron chi connectivity index (χ1n) is 7.57. The molecular formula is C16H22N2O3. The van der Waals surface area contributed by atoms with Crippen LogP contribution < -0.4 is 9.64 Å². The van der Waals surface area contributed by atoms with Crippen molar-refractivity contribution in [3.8, 4) is 5.75 Å². The molecule has 114 valence electrons. The molecule has 0 radical (unpaired) electrons. The second-order valence-corrected chi connectivity index (χ2v) is 5.76. The van der Waals surface area contributed by atoms with E-state index in [0.717, 1.165) is 37.2 Å². The molecule has 2 aliphatic rings. The first-order valence-corrected chi connectivity index (χ1v) is 7.57. The Morgan fingerprint density at radius 2 is 2.05 bits per heavy atom. The number of rotatable bonds is 3. The Kier molecular flexibility index (Phi) is 4.12. The first-order chi connectivity index (χ1) is 10.2. The van der Waals surface area contributed by atoms with Gasteiger partial charge in [0.1, 0.15) is 5.75 Å². The van der Waals surface area contributed by atoms with Gasteiger partial charge in [0.25, 0.3) is 0 Å². The normalized spacial score (nSPS) is 27.1. The molecule has 2 fully saturated rings. The molecule has 0 aliphatic carbocycles. The van der Waals surface area contributed by atoms with Crippen molar-refractivity contribution in [2.45, 2.75) is 31.4 Å². The number of benzene rings is 1. The lowest BCUT2D eigenvalue weighted by atomic mass is 10.1. The highest BCUT2D eigenvalue weighted by atomic mass is 16.5. The molecule has 5 heteroatoms. The summed E-state index contributed by atoms with van der Waals surface area (Å²) in [6.45, 7) is 2.21. The summed E-state index contributed by atoms with van der Waals surface area (Å²) in [4.78, 5) is 16.7. The quantitative estimate of drug-likeness (QED) is 0.910. The SMILES string of the molecule is COc1ccccc1N1CCC(N2CCCC(O)C2)C1=O. The van der Waals surface area contributed by atoms with Gasteiger partial charge in [0.05, 0.1) is 24.9 Å². The molecule has 3 rings (SSSR count). The van der Waals surface area contributed by atoms with Crippen molar-refractivity contribution in [1.29, 1.82) is 0 Å². The molecule has 2 saturated heterocycles. The lowest BCUT2D eigenvalue weighted by molar-refractivity contribution is -0.122. The minimum absolute atomic E-state index is 0.107. The van der Waals surface area contributed by atoms with E-state index in [1.165, 1.54) is 0 Å². The van der Waals surface area contributed by atoms with Gasteiger partial charge in [-0.1, -0.05) is 12.1 Å². The number of hydrogen-bond acceptors (Lipinski definition) is 4. The number of amides is 1. The number of ether oxygens (including phenoxy) is 1. The van der Waals surface area contributed by atoms with Gasteiger partial charge in [-0.15, -0.1) is 0 Å². The van der Waals surface area contributed by atoms with Crippen LogP contribution in [0.15, 0.2) is 24.3 Å². The van der Waals surface area contributed by atoms with E-state index in [2.05, 4.69) is 4.90 Å². The van der Waals surface area contributed by atoms with Crippen LogP contribution >= 0.6 is 0 Å². The summed E-state index contributed by atoms with van der Waals surface area (Å²) in [7, 11) is 1.62. The summed E-state index contributed by atoms with van der Waals surface area (Å²) in [6, 6.07) is 7.51. The van der Waals surface area contributed by atoms with E-state index in [1.807, 2.05) is 29.2 Å². The van der Waals surface area contributed by atoms with E-state index in [0.29, 0.717) is 13.1 Å². The van der Waals surface area contributed by atoms with Crippen LogP contribution in [0.1, 0.15) is 19.3 Å². The van der Waals surface area contributed by atoms with Crippen LogP contribution in [0.25, 0.3) is 0 Å². The number of nitrogens with zero attached hydrogens (tertiary/aromatic N) is 2. The molecule has 0 saturated carbocycles. The number of likely N-dealkylation sites (tertiary alicyclic amines) is 1. The Morgan fingerprint density at radius 1 is 1.24 bits per heavy atom. The van der Waals surface area contributed by atoms with E-state index < -0.39 is 0 Å². The van der Waals surface area contributed by atoms with Crippen molar-refractivity contribution >= 4 is 11.6 Å². The number of piperidine rings is 1. The van der Waals surface area contributed by atoms with Gasteiger partial charge in [0, 0.05) is 13.1 Å². The van der Waals surface area contributed by atoms with Crippen molar-refractivity contribution < 1.29 is 14.6 Å². The summed E-state index contributed by atoms with van der Waals surface area (Å²) in [5.74, 6) is 0.846. The van der Waals surface area contributed by atoms with Crippen molar-refractivity contribution in [3.05, 3.63) is 24.3 Å². The number of anilines is 1. The molecule has 1 aromatic rings. The summed E-state index contributed by atoms with van der Waals surface area (Å²) in [6.07, 6.45) is 2.31. The van der Waals surface area contributed by atoms with Crippen molar-refractivity contribution in [2.24, 2.45) is 0 Å². The van der Waals surface area contributed by atoms with Crippen LogP contribution in [-0.2, 0) is 4.79 Å². The molecule has 0 bridgehead atoms. The second kappa shape index (κ2) is 6.03. The Balaban J connectivity index is 1.77. The standard InChI is InChI=1S/C16H22N2O3/c1-21-15-7-3-2-6-13(15)18-10-8-14(16(18)20)17-9-4-5-12(19)11-17/h2-3,6-7,12,14,19H,4-5,8-11H2,1H3. The van der Waals surface area contributed by atoms with Gasteiger partial charge in [-0.2, -0.15) is 0 Å². The predicted molar refractivity (Wildman–Crippen MR) is 80.6 cm³/mol. The smallest absolute Gasteiger partial charge is 0.244 e. The molecule has 2 aliphatic heterocycles. The fraction of sp³-hybridized carbons (Fsp3) is 0.562. The Labute approximate surface area is 125 Å². The highest BCUT2D eigenvalue weighted by molar-refractivity contribution is 6.00. The van der Waals surface area contributed by atoms with Gasteiger partial charge in [-0.3, -0.25) is 9.69 Å². The Hall–Kier alpha value is -1.59. The zero-order valence-electron chi connectivity index (χ0n) is 12.4. The third-order valence-corrected chi connectivity index (χ3v) is 4.42. The Bertz CT molecular complexity index is 520. The van der Waals surface area contributed by atoms with Gasteiger partial charge < -0.3 is 14.7 Å². The lowest BCUT2D eigenvalue weighted by Gasteiger charge is -2.33. The summed E-state index contributed by atoms with van der Waals surface area (Å²) in [5, 5.41) is 9.80. The average Bonchev–Trinajstić information content (AvgIpc) is 2.89. The largest absolute Gasteiger partial charge is 0.495 e. The highest BCUT2D eigenvalue weighted by Gasteiger charge is 2.38. The van der Waals surface area contributed by atoms with Gasteiger partial charge in [-0.25, -0.2) is 0 Å². The Morgan fingerprint density at radius 3 is 2.81 bits per heavy atom. The number of aliphatic hydroxyl groups is 1. The summed E-state index contributed by atoms with van der Waals surface area (Å²) >= 11 is 0. The molecule has 1 N–H and O–H groups in total. The fourth-order valence-corrected chi connectivity index (χ4v) is 3.36. The van der Waals surface area contributed by atoms with E-state index in [1.54, 1.807) is 7.11 Å². The van der Waals surface area contributed by atoms with E-state index in [-0.39, 0.29) is 18.1 Å². The number of para-hydroxylation sites is 2. The van der Waals surface area contributed by atoms with Gasteiger partial charge >= 0.3 is 0 Å². The molecule has 5 nitrogen and oxygen atoms in total. The topological polar surface area (TPSA) is 53.0 Å². The maximum Gasteiger partial charge on any atom is 0.244 e. The van der Waals surface area contributed by atoms with Crippen LogP contribution in [0.2, 0.25) is 0 Å². The van der Waals surface area contributed by atoms with Gasteiger partial charge in [0.15, 0.2) is 0 Å². The zero-order valence-corrected chi connectivity index (χ0v) is 12.4. The number of β-amino-alcohol motifs (C(OH)–C–C–N with tert-alkyl or cyclic N) is 1. The minimum atomic E-state index is -0.299. The number of carbonyl (C=O) groups is 1. The van der Waals surface area contributed by atoms with E-state index in [9.17, 15) is 9.90 Å². The van der Waals surface area contributed by atoms with Gasteiger partial charge in [0.2, 0.25) is 5.91 Å². The van der Waals surface area contributed by atoms with Crippen LogP contribution in [0.5, 0.6) is 5.75 Å². The fourth-order valence-electron chi connectivity index (χ4n) is 3.36. The van der Waals surface area contributed by atoms with Crippen molar-refractivity contribution in [3.63, 3.8) is 0 Å². The summed E-state index contributed by atoms with van der Waals surface area (Å²) < 4.78 is 5.36. The van der Waals surface area contributed by atoms with Crippen molar-refractivity contribution in [2.75, 3.05) is 31.6 Å². The molecule has 0 spiro atoms. The van der Waals surface area contributed by atoms with E-state index >= 15 is 0 Å². The number of hydrogen-bond donors (Lipinski definition) is 1. The average molecular weight is 290 g/mol. The van der Waals surface area contributed by atoms with Crippen LogP contribution in [0.4, 0.5) is 5.69 Å². The van der Waals surface area contributed by atoms with Crippen LogP contribution in [0.3, 0.4) is 0 Å². The molecule has 0 aromatic heterocycles. The molecule has 21 heavy (non-hydrogen) atoms. The molecule has 2 unspecified atom stereocenters. The van der Waals surface area contributed by atoms with Crippen LogP contribution in [0, 0.1) is 0 Å². The minimum Gasteiger partial charge on any atom is -0.495 e. The maximum atomic E-state index is 12.7. The number of methoxy groups -OCH3 is 1. The molecule has 2 atom stereocenters. The molecule has 1 aromatic carbocycles. The monoisotopic (exact) mass is 290 g/mol. The third kappa shape index (κ3) is 2.76. The molecule has 1 amide bonds. The zero-order chi connectivity index (χ0) is 14.8.